The average molecular weight is 408 g/mol. The number of hydrogen-bond donors (Lipinski definition) is 3. The Bertz CT molecular complexity index is 1010. The maximum absolute atomic E-state index is 13.5. The number of hydrazine groups is 1. The second-order valence-electron chi connectivity index (χ2n) is 7.83. The molecule has 2 aromatic heterocycles. The third-order valence-electron chi connectivity index (χ3n) is 5.84. The van der Waals surface area contributed by atoms with Crippen LogP contribution in [-0.2, 0) is 9.59 Å². The molecule has 0 unspecified atom stereocenters. The number of rotatable bonds is 3. The van der Waals surface area contributed by atoms with Crippen molar-refractivity contribution in [3.63, 3.8) is 0 Å². The number of halogens is 2. The summed E-state index contributed by atoms with van der Waals surface area (Å²) in [6, 6.07) is -0.241. The summed E-state index contributed by atoms with van der Waals surface area (Å²) >= 11 is 0. The molecule has 0 spiro atoms. The van der Waals surface area contributed by atoms with E-state index in [0.29, 0.717) is 29.7 Å². The molecule has 3 N–H and O–H groups in total. The molecular weight excluding hydrogens is 386 g/mol. The molecule has 0 aromatic carbocycles. The lowest BCUT2D eigenvalue weighted by Crippen LogP contribution is -2.47. The molecule has 0 bridgehead atoms. The Labute approximate surface area is 164 Å². The van der Waals surface area contributed by atoms with Crippen molar-refractivity contribution >= 4 is 22.8 Å². The standard InChI is InChI=1S/C18H22F2N6O3/c1-9(27)24-25-17(29)12-3-2-11(12)14-22-15-13(16(28)23-14)8-21-26(15)10-4-6-18(19,20)7-5-10/h8,10-12H,2-7H2,1H3,(H,24,27)(H,25,29)(H,22,23,28)/t11-,12-/m1/s1. The quantitative estimate of drug-likeness (QED) is 0.665. The number of H-pyrrole nitrogens is 1. The third kappa shape index (κ3) is 3.73. The molecule has 2 heterocycles. The van der Waals surface area contributed by atoms with E-state index in [1.54, 1.807) is 4.68 Å². The number of nitrogens with one attached hydrogen (secondary N) is 3. The van der Waals surface area contributed by atoms with E-state index in [9.17, 15) is 23.2 Å². The van der Waals surface area contributed by atoms with Crippen LogP contribution in [0.15, 0.2) is 11.0 Å². The van der Waals surface area contributed by atoms with Crippen LogP contribution in [0, 0.1) is 5.92 Å². The van der Waals surface area contributed by atoms with Gasteiger partial charge in [0.05, 0.1) is 12.2 Å². The van der Waals surface area contributed by atoms with Crippen LogP contribution in [0.5, 0.6) is 0 Å². The smallest absolute Gasteiger partial charge is 0.262 e. The van der Waals surface area contributed by atoms with Crippen molar-refractivity contribution in [1.82, 2.24) is 30.6 Å². The van der Waals surface area contributed by atoms with Gasteiger partial charge in [-0.2, -0.15) is 5.10 Å². The zero-order valence-electron chi connectivity index (χ0n) is 15.9. The van der Waals surface area contributed by atoms with Gasteiger partial charge in [-0.25, -0.2) is 18.4 Å². The van der Waals surface area contributed by atoms with Crippen molar-refractivity contribution in [2.75, 3.05) is 0 Å². The Morgan fingerprint density at radius 2 is 1.93 bits per heavy atom. The molecule has 0 radical (unpaired) electrons. The molecule has 9 nitrogen and oxygen atoms in total. The molecule has 4 rings (SSSR count). The molecule has 2 atom stereocenters. The average Bonchev–Trinajstić information content (AvgIpc) is 3.03. The van der Waals surface area contributed by atoms with Gasteiger partial charge < -0.3 is 4.98 Å². The first-order valence-corrected chi connectivity index (χ1v) is 9.67. The Hall–Kier alpha value is -2.85. The molecule has 0 saturated heterocycles. The second kappa shape index (κ2) is 7.20. The zero-order chi connectivity index (χ0) is 20.8. The lowest BCUT2D eigenvalue weighted by atomic mass is 9.72. The van der Waals surface area contributed by atoms with E-state index in [4.69, 9.17) is 0 Å². The van der Waals surface area contributed by atoms with Gasteiger partial charge in [0.15, 0.2) is 5.65 Å². The van der Waals surface area contributed by atoms with Crippen LogP contribution in [0.3, 0.4) is 0 Å². The molecule has 2 aromatic rings. The van der Waals surface area contributed by atoms with Crippen molar-refractivity contribution < 1.29 is 18.4 Å². The minimum absolute atomic E-state index is 0.219. The van der Waals surface area contributed by atoms with Crippen LogP contribution in [0.25, 0.3) is 11.0 Å². The van der Waals surface area contributed by atoms with Gasteiger partial charge >= 0.3 is 0 Å². The Morgan fingerprint density at radius 1 is 1.21 bits per heavy atom. The molecule has 2 amide bonds. The molecule has 11 heteroatoms. The van der Waals surface area contributed by atoms with E-state index >= 15 is 0 Å². The predicted octanol–water partition coefficient (Wildman–Crippen LogP) is 1.53. The second-order valence-corrected chi connectivity index (χ2v) is 7.83. The van der Waals surface area contributed by atoms with Crippen molar-refractivity contribution in [2.24, 2.45) is 5.92 Å². The minimum Gasteiger partial charge on any atom is -0.310 e. The van der Waals surface area contributed by atoms with Crippen molar-refractivity contribution in [3.05, 3.63) is 22.4 Å². The highest BCUT2D eigenvalue weighted by Gasteiger charge is 2.40. The van der Waals surface area contributed by atoms with Gasteiger partial charge in [-0.15, -0.1) is 0 Å². The van der Waals surface area contributed by atoms with E-state index in [1.807, 2.05) is 0 Å². The highest BCUT2D eigenvalue weighted by Crippen LogP contribution is 2.42. The van der Waals surface area contributed by atoms with E-state index in [2.05, 4.69) is 25.9 Å². The predicted molar refractivity (Wildman–Crippen MR) is 98.0 cm³/mol. The summed E-state index contributed by atoms with van der Waals surface area (Å²) in [5, 5.41) is 4.53. The summed E-state index contributed by atoms with van der Waals surface area (Å²) in [5.74, 6) is -3.73. The number of hydrogen-bond acceptors (Lipinski definition) is 5. The van der Waals surface area contributed by atoms with Gasteiger partial charge in [0, 0.05) is 31.6 Å². The molecule has 2 saturated carbocycles. The van der Waals surface area contributed by atoms with E-state index in [1.165, 1.54) is 13.1 Å². The maximum atomic E-state index is 13.5. The van der Waals surface area contributed by atoms with Crippen molar-refractivity contribution in [3.8, 4) is 0 Å². The monoisotopic (exact) mass is 408 g/mol. The topological polar surface area (TPSA) is 122 Å². The fourth-order valence-electron chi connectivity index (χ4n) is 4.05. The van der Waals surface area contributed by atoms with Crippen LogP contribution in [0.1, 0.15) is 63.2 Å². The van der Waals surface area contributed by atoms with Crippen molar-refractivity contribution in [1.29, 1.82) is 0 Å². The van der Waals surface area contributed by atoms with Gasteiger partial charge in [0.2, 0.25) is 17.7 Å². The third-order valence-corrected chi connectivity index (χ3v) is 5.84. The number of fused-ring (bicyclic) bond motifs is 1. The largest absolute Gasteiger partial charge is 0.310 e. The molecule has 2 aliphatic rings. The number of amides is 2. The summed E-state index contributed by atoms with van der Waals surface area (Å²) in [7, 11) is 0. The van der Waals surface area contributed by atoms with Crippen LogP contribution in [-0.4, -0.2) is 37.5 Å². The summed E-state index contributed by atoms with van der Waals surface area (Å²) in [6.07, 6.45) is 2.76. The lowest BCUT2D eigenvalue weighted by Gasteiger charge is -2.34. The van der Waals surface area contributed by atoms with E-state index in [0.717, 1.165) is 0 Å². The van der Waals surface area contributed by atoms with E-state index in [-0.39, 0.29) is 55.0 Å². The van der Waals surface area contributed by atoms with Gasteiger partial charge in [-0.3, -0.25) is 25.2 Å². The Morgan fingerprint density at radius 3 is 2.55 bits per heavy atom. The van der Waals surface area contributed by atoms with Crippen LogP contribution >= 0.6 is 0 Å². The molecule has 156 valence electrons. The summed E-state index contributed by atoms with van der Waals surface area (Å²) in [4.78, 5) is 43.0. The first kappa shape index (κ1) is 19.5. The van der Waals surface area contributed by atoms with Gasteiger partial charge in [-0.05, 0) is 25.7 Å². The van der Waals surface area contributed by atoms with Gasteiger partial charge in [0.1, 0.15) is 11.2 Å². The highest BCUT2D eigenvalue weighted by atomic mass is 19.3. The number of carbonyl (C=O) groups is 2. The van der Waals surface area contributed by atoms with Crippen molar-refractivity contribution in [2.45, 2.75) is 63.3 Å². The molecular formula is C18H22F2N6O3. The normalized spacial score (nSPS) is 24.1. The summed E-state index contributed by atoms with van der Waals surface area (Å²) < 4.78 is 28.5. The maximum Gasteiger partial charge on any atom is 0.262 e. The summed E-state index contributed by atoms with van der Waals surface area (Å²) in [5.41, 5.74) is 4.59. The first-order valence-electron chi connectivity index (χ1n) is 9.67. The van der Waals surface area contributed by atoms with Gasteiger partial charge in [-0.1, -0.05) is 0 Å². The minimum atomic E-state index is -2.66. The van der Waals surface area contributed by atoms with Crippen LogP contribution < -0.4 is 16.4 Å². The SMILES string of the molecule is CC(=O)NNC(=O)[C@@H]1CC[C@H]1c1nc2c(cnn2C2CCC(F)(F)CC2)c(=O)[nH]1. The number of carbonyl (C=O) groups excluding carboxylic acids is 2. The van der Waals surface area contributed by atoms with Crippen LogP contribution in [0.2, 0.25) is 0 Å². The fraction of sp³-hybridized carbons (Fsp3) is 0.611. The van der Waals surface area contributed by atoms with E-state index < -0.39 is 11.8 Å². The molecule has 0 aliphatic heterocycles. The fourth-order valence-corrected chi connectivity index (χ4v) is 4.05. The molecule has 2 aliphatic carbocycles. The number of alkyl halides is 2. The lowest BCUT2D eigenvalue weighted by molar-refractivity contribution is -0.133. The number of nitrogens with zero attached hydrogens (tertiary/aromatic N) is 3. The van der Waals surface area contributed by atoms with Gasteiger partial charge in [0.25, 0.3) is 5.56 Å². The number of aromatic amines is 1. The first-order chi connectivity index (χ1) is 13.7. The number of aromatic nitrogens is 4. The zero-order valence-corrected chi connectivity index (χ0v) is 15.9. The molecule has 29 heavy (non-hydrogen) atoms. The Balaban J connectivity index is 1.59. The molecule has 2 fully saturated rings. The summed E-state index contributed by atoms with van der Waals surface area (Å²) in [6.45, 7) is 1.29. The van der Waals surface area contributed by atoms with Crippen LogP contribution in [0.4, 0.5) is 8.78 Å². The highest BCUT2D eigenvalue weighted by molar-refractivity contribution is 5.83. The Kier molecular flexibility index (Phi) is 4.83.